The molecule has 3 fully saturated rings. The quantitative estimate of drug-likeness (QED) is 0.386. The van der Waals surface area contributed by atoms with Crippen molar-refractivity contribution < 1.29 is 22.8 Å². The third-order valence-electron chi connectivity index (χ3n) is 7.82. The number of hydrogen-bond acceptors (Lipinski definition) is 2. The number of halogens is 3. The zero-order chi connectivity index (χ0) is 23.2. The van der Waals surface area contributed by atoms with Gasteiger partial charge in [0.25, 0.3) is 0 Å². The van der Waals surface area contributed by atoms with Gasteiger partial charge in [-0.3, -0.25) is 4.98 Å². The second-order valence-corrected chi connectivity index (χ2v) is 9.59. The SMILES string of the molecule is C=CC1C[N+]2(Cc3ccc(C(F)(F)F)cc3)CCC1C[C@H]2[C@@H](O)c1ccnc2ccccc12. The van der Waals surface area contributed by atoms with Crippen molar-refractivity contribution in [3.05, 3.63) is 90.1 Å². The number of para-hydroxylation sites is 1. The van der Waals surface area contributed by atoms with Gasteiger partial charge in [-0.05, 0) is 35.7 Å². The number of fused-ring (bicyclic) bond motifs is 4. The number of aliphatic hydroxyl groups is 1. The molecule has 0 spiro atoms. The van der Waals surface area contributed by atoms with Crippen molar-refractivity contribution >= 4 is 10.9 Å². The number of piperidine rings is 3. The summed E-state index contributed by atoms with van der Waals surface area (Å²) in [4.78, 5) is 4.43. The van der Waals surface area contributed by atoms with Crippen LogP contribution in [0.2, 0.25) is 0 Å². The van der Waals surface area contributed by atoms with Gasteiger partial charge in [-0.2, -0.15) is 13.2 Å². The molecule has 6 rings (SSSR count). The lowest BCUT2D eigenvalue weighted by Gasteiger charge is -2.58. The van der Waals surface area contributed by atoms with Crippen LogP contribution < -0.4 is 0 Å². The summed E-state index contributed by atoms with van der Waals surface area (Å²) in [6, 6.07) is 15.2. The van der Waals surface area contributed by atoms with Crippen LogP contribution in [0.1, 0.15) is 35.6 Å². The Morgan fingerprint density at radius 1 is 1.12 bits per heavy atom. The smallest absolute Gasteiger partial charge is 0.382 e. The van der Waals surface area contributed by atoms with E-state index in [2.05, 4.69) is 11.6 Å². The van der Waals surface area contributed by atoms with Gasteiger partial charge in [-0.1, -0.05) is 36.4 Å². The van der Waals surface area contributed by atoms with Gasteiger partial charge in [0, 0.05) is 35.9 Å². The van der Waals surface area contributed by atoms with E-state index < -0.39 is 17.8 Å². The van der Waals surface area contributed by atoms with Crippen LogP contribution in [0.4, 0.5) is 13.2 Å². The highest BCUT2D eigenvalue weighted by molar-refractivity contribution is 5.82. The molecule has 33 heavy (non-hydrogen) atoms. The molecule has 3 aliphatic rings. The van der Waals surface area contributed by atoms with E-state index in [-0.39, 0.29) is 6.04 Å². The number of nitrogens with zero attached hydrogens (tertiary/aromatic N) is 2. The maximum absolute atomic E-state index is 13.1. The fraction of sp³-hybridized carbons (Fsp3) is 0.370. The fourth-order valence-electron chi connectivity index (χ4n) is 6.13. The Kier molecular flexibility index (Phi) is 5.53. The molecule has 2 bridgehead atoms. The van der Waals surface area contributed by atoms with Crippen LogP contribution in [0.15, 0.2) is 73.4 Å². The van der Waals surface area contributed by atoms with Crippen molar-refractivity contribution in [2.75, 3.05) is 13.1 Å². The molecule has 5 atom stereocenters. The van der Waals surface area contributed by atoms with E-state index in [0.717, 1.165) is 60.1 Å². The van der Waals surface area contributed by atoms with E-state index in [0.29, 0.717) is 22.9 Å². The first-order valence-corrected chi connectivity index (χ1v) is 11.5. The Morgan fingerprint density at radius 2 is 1.88 bits per heavy atom. The highest BCUT2D eigenvalue weighted by Crippen LogP contribution is 2.48. The molecular formula is C27H28F3N2O+. The van der Waals surface area contributed by atoms with Gasteiger partial charge in [-0.15, -0.1) is 6.58 Å². The number of alkyl halides is 3. The average Bonchev–Trinajstić information content (AvgIpc) is 2.83. The number of hydrogen-bond donors (Lipinski definition) is 1. The molecule has 4 heterocycles. The molecule has 6 heteroatoms. The van der Waals surface area contributed by atoms with E-state index in [1.807, 2.05) is 36.4 Å². The van der Waals surface area contributed by atoms with Crippen LogP contribution in [0.3, 0.4) is 0 Å². The molecule has 3 unspecified atom stereocenters. The largest absolute Gasteiger partial charge is 0.416 e. The normalized spacial score (nSPS) is 28.1. The third-order valence-corrected chi connectivity index (χ3v) is 7.82. The van der Waals surface area contributed by atoms with Gasteiger partial charge in [0.2, 0.25) is 0 Å². The second kappa shape index (κ2) is 8.26. The highest BCUT2D eigenvalue weighted by atomic mass is 19.4. The van der Waals surface area contributed by atoms with E-state index >= 15 is 0 Å². The minimum Gasteiger partial charge on any atom is -0.382 e. The summed E-state index contributed by atoms with van der Waals surface area (Å²) in [6.45, 7) is 6.39. The topological polar surface area (TPSA) is 33.1 Å². The monoisotopic (exact) mass is 453 g/mol. The minimum atomic E-state index is -4.34. The number of rotatable bonds is 5. The molecule has 2 aromatic carbocycles. The molecule has 1 aromatic heterocycles. The third kappa shape index (κ3) is 3.96. The summed E-state index contributed by atoms with van der Waals surface area (Å²) >= 11 is 0. The van der Waals surface area contributed by atoms with Crippen LogP contribution in [-0.2, 0) is 12.7 Å². The van der Waals surface area contributed by atoms with Crippen LogP contribution in [0.25, 0.3) is 10.9 Å². The van der Waals surface area contributed by atoms with Crippen LogP contribution in [0.5, 0.6) is 0 Å². The van der Waals surface area contributed by atoms with Gasteiger partial charge >= 0.3 is 6.18 Å². The molecule has 0 radical (unpaired) electrons. The van der Waals surface area contributed by atoms with E-state index in [1.165, 1.54) is 0 Å². The predicted octanol–water partition coefficient (Wildman–Crippen LogP) is 5.90. The van der Waals surface area contributed by atoms with Crippen LogP contribution >= 0.6 is 0 Å². The van der Waals surface area contributed by atoms with Crippen molar-refractivity contribution in [1.82, 2.24) is 4.98 Å². The zero-order valence-electron chi connectivity index (χ0n) is 18.4. The maximum atomic E-state index is 13.1. The van der Waals surface area contributed by atoms with E-state index in [4.69, 9.17) is 0 Å². The first kappa shape index (κ1) is 22.1. The predicted molar refractivity (Wildman–Crippen MR) is 122 cm³/mol. The lowest BCUT2D eigenvalue weighted by molar-refractivity contribution is -0.984. The zero-order valence-corrected chi connectivity index (χ0v) is 18.4. The molecule has 3 aliphatic heterocycles. The van der Waals surface area contributed by atoms with Gasteiger partial charge in [0.1, 0.15) is 18.7 Å². The molecule has 1 N–H and O–H groups in total. The molecule has 0 saturated carbocycles. The number of aliphatic hydroxyl groups excluding tert-OH is 1. The number of aromatic nitrogens is 1. The average molecular weight is 454 g/mol. The summed E-state index contributed by atoms with van der Waals surface area (Å²) in [5.74, 6) is 0.827. The van der Waals surface area contributed by atoms with Crippen molar-refractivity contribution in [3.8, 4) is 0 Å². The molecule has 0 amide bonds. The van der Waals surface area contributed by atoms with Crippen molar-refractivity contribution in [2.45, 2.75) is 37.7 Å². The van der Waals surface area contributed by atoms with E-state index in [1.54, 1.807) is 18.3 Å². The van der Waals surface area contributed by atoms with Crippen LogP contribution in [-0.4, -0.2) is 33.7 Å². The fourth-order valence-corrected chi connectivity index (χ4v) is 6.13. The van der Waals surface area contributed by atoms with Gasteiger partial charge in [0.05, 0.1) is 24.2 Å². The molecule has 3 aromatic rings. The Hall–Kier alpha value is -2.70. The van der Waals surface area contributed by atoms with Crippen molar-refractivity contribution in [1.29, 1.82) is 0 Å². The molecule has 172 valence electrons. The summed E-state index contributed by atoms with van der Waals surface area (Å²) in [5.41, 5.74) is 1.96. The Balaban J connectivity index is 1.51. The van der Waals surface area contributed by atoms with Gasteiger partial charge in [0.15, 0.2) is 0 Å². The Labute approximate surface area is 191 Å². The Morgan fingerprint density at radius 3 is 2.61 bits per heavy atom. The standard InChI is InChI=1S/C27H28F3N2O/c1-2-19-17-32(16-18-7-9-21(10-8-18)27(28,29)30)14-12-20(19)15-25(32)26(33)23-11-13-31-24-6-4-3-5-22(23)24/h2-11,13,19-20,25-26,33H,1,12,14-17H2/q+1/t19?,20?,25-,26-,32?/m0/s1. The lowest BCUT2D eigenvalue weighted by Crippen LogP contribution is -2.67. The Bertz CT molecular complexity index is 1150. The van der Waals surface area contributed by atoms with Gasteiger partial charge in [-0.25, -0.2) is 0 Å². The first-order valence-electron chi connectivity index (χ1n) is 11.5. The van der Waals surface area contributed by atoms with Crippen LogP contribution in [0, 0.1) is 11.8 Å². The van der Waals surface area contributed by atoms with Crippen molar-refractivity contribution in [3.63, 3.8) is 0 Å². The molecule has 0 aliphatic carbocycles. The number of pyridine rings is 1. The summed E-state index contributed by atoms with van der Waals surface area (Å²) in [5, 5.41) is 12.6. The number of benzene rings is 2. The number of quaternary nitrogens is 1. The molecule has 3 saturated heterocycles. The molecule has 3 nitrogen and oxygen atoms in total. The summed E-state index contributed by atoms with van der Waals surface area (Å²) in [6.07, 6.45) is 0.648. The maximum Gasteiger partial charge on any atom is 0.416 e. The minimum absolute atomic E-state index is 0.0342. The van der Waals surface area contributed by atoms with Gasteiger partial charge < -0.3 is 9.59 Å². The second-order valence-electron chi connectivity index (χ2n) is 9.59. The lowest BCUT2D eigenvalue weighted by atomic mass is 9.71. The first-order chi connectivity index (χ1) is 15.8. The highest BCUT2D eigenvalue weighted by Gasteiger charge is 2.54. The summed E-state index contributed by atoms with van der Waals surface area (Å²) in [7, 11) is 0. The van der Waals surface area contributed by atoms with Crippen molar-refractivity contribution in [2.24, 2.45) is 11.8 Å². The van der Waals surface area contributed by atoms with E-state index in [9.17, 15) is 18.3 Å². The molecular weight excluding hydrogens is 425 g/mol. The summed E-state index contributed by atoms with van der Waals surface area (Å²) < 4.78 is 39.8.